The second kappa shape index (κ2) is 8.46. The highest BCUT2D eigenvalue weighted by molar-refractivity contribution is 14.0. The molecule has 0 amide bonds. The van der Waals surface area contributed by atoms with Crippen molar-refractivity contribution in [3.63, 3.8) is 0 Å². The first-order chi connectivity index (χ1) is 9.24. The summed E-state index contributed by atoms with van der Waals surface area (Å²) >= 11 is 0. The molecule has 0 aliphatic heterocycles. The predicted molar refractivity (Wildman–Crippen MR) is 93.7 cm³/mol. The highest BCUT2D eigenvalue weighted by Crippen LogP contribution is 2.28. The smallest absolute Gasteiger partial charge is 0.191 e. The van der Waals surface area contributed by atoms with Crippen LogP contribution in [0, 0.1) is 5.92 Å². The van der Waals surface area contributed by atoms with Crippen molar-refractivity contribution in [3.05, 3.63) is 35.9 Å². The predicted octanol–water partition coefficient (Wildman–Crippen LogP) is 2.57. The molecule has 1 aliphatic carbocycles. The van der Waals surface area contributed by atoms with Gasteiger partial charge in [-0.1, -0.05) is 37.3 Å². The number of methoxy groups -OCH3 is 1. The Morgan fingerprint density at radius 2 is 2.05 bits per heavy atom. The number of nitrogens with zero attached hydrogens (tertiary/aromatic N) is 1. The summed E-state index contributed by atoms with van der Waals surface area (Å²) in [6.07, 6.45) is 1.27. The number of hydrogen-bond acceptors (Lipinski definition) is 2. The van der Waals surface area contributed by atoms with Crippen LogP contribution in [0.15, 0.2) is 35.3 Å². The number of benzene rings is 1. The Morgan fingerprint density at radius 1 is 1.40 bits per heavy atom. The van der Waals surface area contributed by atoms with Crippen LogP contribution in [0.2, 0.25) is 0 Å². The van der Waals surface area contributed by atoms with Crippen molar-refractivity contribution in [2.24, 2.45) is 10.9 Å². The molecule has 3 unspecified atom stereocenters. The van der Waals surface area contributed by atoms with E-state index in [0.29, 0.717) is 12.6 Å². The van der Waals surface area contributed by atoms with Gasteiger partial charge in [-0.15, -0.1) is 24.0 Å². The molecule has 2 N–H and O–H groups in total. The van der Waals surface area contributed by atoms with E-state index in [-0.39, 0.29) is 30.1 Å². The highest BCUT2D eigenvalue weighted by atomic mass is 127. The number of nitrogens with one attached hydrogen (secondary N) is 2. The van der Waals surface area contributed by atoms with Gasteiger partial charge < -0.3 is 15.4 Å². The lowest BCUT2D eigenvalue weighted by molar-refractivity contribution is 0.106. The molecule has 5 heteroatoms. The molecule has 1 aliphatic rings. The summed E-state index contributed by atoms with van der Waals surface area (Å²) in [6.45, 7) is 2.95. The van der Waals surface area contributed by atoms with Crippen molar-refractivity contribution in [2.45, 2.75) is 25.5 Å². The van der Waals surface area contributed by atoms with E-state index < -0.39 is 0 Å². The number of hydrogen-bond donors (Lipinski definition) is 2. The summed E-state index contributed by atoms with van der Waals surface area (Å²) in [5.74, 6) is 1.61. The maximum Gasteiger partial charge on any atom is 0.191 e. The third-order valence-electron chi connectivity index (χ3n) is 3.57. The van der Waals surface area contributed by atoms with E-state index in [4.69, 9.17) is 4.74 Å². The van der Waals surface area contributed by atoms with Crippen LogP contribution in [0.25, 0.3) is 0 Å². The Balaban J connectivity index is 0.00000200. The molecule has 0 radical (unpaired) electrons. The van der Waals surface area contributed by atoms with Gasteiger partial charge in [0.15, 0.2) is 5.96 Å². The lowest BCUT2D eigenvalue weighted by Gasteiger charge is -2.18. The highest BCUT2D eigenvalue weighted by Gasteiger charge is 2.33. The molecule has 1 aromatic rings. The van der Waals surface area contributed by atoms with Gasteiger partial charge >= 0.3 is 0 Å². The third kappa shape index (κ3) is 4.94. The van der Waals surface area contributed by atoms with E-state index in [1.807, 2.05) is 18.2 Å². The second-order valence-corrected chi connectivity index (χ2v) is 5.05. The second-order valence-electron chi connectivity index (χ2n) is 5.05. The molecule has 20 heavy (non-hydrogen) atoms. The summed E-state index contributed by atoms with van der Waals surface area (Å²) in [7, 11) is 3.53. The quantitative estimate of drug-likeness (QED) is 0.462. The molecular weight excluding hydrogens is 365 g/mol. The summed E-state index contributed by atoms with van der Waals surface area (Å²) in [5, 5.41) is 6.73. The zero-order valence-electron chi connectivity index (χ0n) is 12.3. The lowest BCUT2D eigenvalue weighted by Crippen LogP contribution is -2.41. The van der Waals surface area contributed by atoms with Gasteiger partial charge in [0.1, 0.15) is 0 Å². The van der Waals surface area contributed by atoms with Crippen LogP contribution in [0.4, 0.5) is 0 Å². The maximum absolute atomic E-state index is 5.53. The van der Waals surface area contributed by atoms with Crippen LogP contribution < -0.4 is 10.6 Å². The number of guanidine groups is 1. The Morgan fingerprint density at radius 3 is 2.55 bits per heavy atom. The fourth-order valence-corrected chi connectivity index (χ4v) is 2.09. The molecule has 0 saturated heterocycles. The van der Waals surface area contributed by atoms with Crippen molar-refractivity contribution in [1.82, 2.24) is 10.6 Å². The van der Waals surface area contributed by atoms with E-state index in [2.05, 4.69) is 34.7 Å². The van der Waals surface area contributed by atoms with E-state index in [1.54, 1.807) is 14.2 Å². The minimum absolute atomic E-state index is 0. The zero-order valence-corrected chi connectivity index (χ0v) is 14.6. The minimum atomic E-state index is 0. The Hall–Kier alpha value is -0.820. The van der Waals surface area contributed by atoms with Gasteiger partial charge in [0.2, 0.25) is 0 Å². The van der Waals surface area contributed by atoms with Crippen LogP contribution >= 0.6 is 24.0 Å². The van der Waals surface area contributed by atoms with Gasteiger partial charge in [0, 0.05) is 26.7 Å². The molecule has 0 bridgehead atoms. The van der Waals surface area contributed by atoms with Crippen molar-refractivity contribution >= 4 is 29.9 Å². The average molecular weight is 389 g/mol. The van der Waals surface area contributed by atoms with E-state index in [9.17, 15) is 0 Å². The van der Waals surface area contributed by atoms with Crippen LogP contribution in [0.1, 0.15) is 25.0 Å². The molecule has 0 spiro atoms. The molecule has 0 heterocycles. The first-order valence-corrected chi connectivity index (χ1v) is 6.79. The first kappa shape index (κ1) is 17.2. The Kier molecular flexibility index (Phi) is 7.29. The SMILES string of the molecule is CN=C(NCC(OC)c1ccccc1)NC1CC1C.I. The first-order valence-electron chi connectivity index (χ1n) is 6.79. The molecule has 1 aromatic carbocycles. The van der Waals surface area contributed by atoms with Crippen LogP contribution in [-0.4, -0.2) is 32.7 Å². The summed E-state index contributed by atoms with van der Waals surface area (Å²) in [5.41, 5.74) is 1.17. The van der Waals surface area contributed by atoms with Gasteiger partial charge in [-0.25, -0.2) is 0 Å². The van der Waals surface area contributed by atoms with Gasteiger partial charge in [-0.2, -0.15) is 0 Å². The van der Waals surface area contributed by atoms with Gasteiger partial charge in [-0.05, 0) is 17.9 Å². The lowest BCUT2D eigenvalue weighted by atomic mass is 10.1. The molecule has 4 nitrogen and oxygen atoms in total. The largest absolute Gasteiger partial charge is 0.375 e. The molecule has 1 saturated carbocycles. The van der Waals surface area contributed by atoms with Gasteiger partial charge in [-0.3, -0.25) is 4.99 Å². The van der Waals surface area contributed by atoms with Crippen molar-refractivity contribution < 1.29 is 4.74 Å². The van der Waals surface area contributed by atoms with E-state index in [0.717, 1.165) is 11.9 Å². The fraction of sp³-hybridized carbons (Fsp3) is 0.533. The summed E-state index contributed by atoms with van der Waals surface area (Å²) in [4.78, 5) is 4.24. The van der Waals surface area contributed by atoms with Crippen LogP contribution in [0.3, 0.4) is 0 Å². The molecular formula is C15H24IN3O. The maximum atomic E-state index is 5.53. The summed E-state index contributed by atoms with van der Waals surface area (Å²) in [6, 6.07) is 10.8. The van der Waals surface area contributed by atoms with E-state index >= 15 is 0 Å². The van der Waals surface area contributed by atoms with Crippen molar-refractivity contribution in [3.8, 4) is 0 Å². The summed E-state index contributed by atoms with van der Waals surface area (Å²) < 4.78 is 5.53. The van der Waals surface area contributed by atoms with Crippen LogP contribution in [-0.2, 0) is 4.74 Å². The number of ether oxygens (including phenoxy) is 1. The Bertz CT molecular complexity index is 424. The monoisotopic (exact) mass is 389 g/mol. The fourth-order valence-electron chi connectivity index (χ4n) is 2.09. The molecule has 1 fully saturated rings. The topological polar surface area (TPSA) is 45.7 Å². The Labute approximate surface area is 138 Å². The normalized spacial score (nSPS) is 22.6. The van der Waals surface area contributed by atoms with Crippen molar-refractivity contribution in [1.29, 1.82) is 0 Å². The number of halogens is 1. The zero-order chi connectivity index (χ0) is 13.7. The van der Waals surface area contributed by atoms with E-state index in [1.165, 1.54) is 12.0 Å². The number of aliphatic imine (C=N–C) groups is 1. The average Bonchev–Trinajstić information content (AvgIpc) is 3.14. The van der Waals surface area contributed by atoms with Crippen molar-refractivity contribution in [2.75, 3.05) is 20.7 Å². The van der Waals surface area contributed by atoms with Crippen LogP contribution in [0.5, 0.6) is 0 Å². The van der Waals surface area contributed by atoms with Gasteiger partial charge in [0.25, 0.3) is 0 Å². The van der Waals surface area contributed by atoms with Gasteiger partial charge in [0.05, 0.1) is 6.10 Å². The molecule has 3 atom stereocenters. The number of rotatable bonds is 5. The molecule has 0 aromatic heterocycles. The third-order valence-corrected chi connectivity index (χ3v) is 3.57. The minimum Gasteiger partial charge on any atom is -0.375 e. The standard InChI is InChI=1S/C15H23N3O.HI/c1-11-9-13(11)18-15(16-2)17-10-14(19-3)12-7-5-4-6-8-12;/h4-8,11,13-14H,9-10H2,1-3H3,(H2,16,17,18);1H. The molecule has 112 valence electrons. The molecule has 2 rings (SSSR count).